The molecule has 1 fully saturated rings. The van der Waals surface area contributed by atoms with Crippen molar-refractivity contribution in [1.29, 1.82) is 0 Å². The van der Waals surface area contributed by atoms with Crippen LogP contribution in [0.25, 0.3) is 0 Å². The standard InChI is InChI=1S/C27H38O2/c1-18(15-19(2)28)9-11-22-24(17-29-8)27(22,7)20-10-12-21-23(16-20)26(5,6)14-13-25(21,3)4/h9-12,15-16,22,24H,13-14,17H2,1-8H3/b11-9+,18-15+/t22-,24+,27-/m1/s1. The number of carbonyl (C=O) groups is 1. The van der Waals surface area contributed by atoms with Crippen LogP contribution in [-0.2, 0) is 25.8 Å². The molecule has 3 rings (SSSR count). The van der Waals surface area contributed by atoms with Crippen LogP contribution >= 0.6 is 0 Å². The van der Waals surface area contributed by atoms with E-state index in [1.54, 1.807) is 20.1 Å². The molecular formula is C27H38O2. The van der Waals surface area contributed by atoms with Gasteiger partial charge >= 0.3 is 0 Å². The van der Waals surface area contributed by atoms with Crippen LogP contribution in [0, 0.1) is 11.8 Å². The maximum atomic E-state index is 11.3. The molecule has 0 aliphatic heterocycles. The summed E-state index contributed by atoms with van der Waals surface area (Å²) < 4.78 is 5.57. The molecule has 2 nitrogen and oxygen atoms in total. The molecule has 0 saturated heterocycles. The summed E-state index contributed by atoms with van der Waals surface area (Å²) in [5.41, 5.74) is 6.00. The van der Waals surface area contributed by atoms with E-state index in [0.29, 0.717) is 11.8 Å². The molecule has 0 amide bonds. The number of rotatable bonds is 6. The van der Waals surface area contributed by atoms with Gasteiger partial charge < -0.3 is 4.74 Å². The Labute approximate surface area is 177 Å². The van der Waals surface area contributed by atoms with Gasteiger partial charge in [0.1, 0.15) is 0 Å². The fourth-order valence-corrected chi connectivity index (χ4v) is 5.38. The molecule has 0 heterocycles. The van der Waals surface area contributed by atoms with E-state index < -0.39 is 0 Å². The maximum Gasteiger partial charge on any atom is 0.152 e. The summed E-state index contributed by atoms with van der Waals surface area (Å²) in [5.74, 6) is 0.987. The molecule has 3 atom stereocenters. The average molecular weight is 395 g/mol. The number of hydrogen-bond donors (Lipinski definition) is 0. The van der Waals surface area contributed by atoms with Crippen molar-refractivity contribution in [2.75, 3.05) is 13.7 Å². The third kappa shape index (κ3) is 4.01. The van der Waals surface area contributed by atoms with Crippen LogP contribution in [0.2, 0.25) is 0 Å². The van der Waals surface area contributed by atoms with Gasteiger partial charge in [0.15, 0.2) is 5.78 Å². The van der Waals surface area contributed by atoms with E-state index in [9.17, 15) is 4.79 Å². The Morgan fingerprint density at radius 2 is 1.69 bits per heavy atom. The first kappa shape index (κ1) is 22.0. The van der Waals surface area contributed by atoms with Crippen molar-refractivity contribution in [1.82, 2.24) is 0 Å². The second kappa shape index (κ2) is 7.54. The van der Waals surface area contributed by atoms with Crippen LogP contribution in [0.3, 0.4) is 0 Å². The first-order chi connectivity index (χ1) is 13.4. The van der Waals surface area contributed by atoms with Crippen LogP contribution in [-0.4, -0.2) is 19.5 Å². The molecule has 1 aromatic carbocycles. The first-order valence-corrected chi connectivity index (χ1v) is 10.9. The zero-order chi connectivity index (χ0) is 21.6. The first-order valence-electron chi connectivity index (χ1n) is 10.9. The number of fused-ring (bicyclic) bond motifs is 1. The lowest BCUT2D eigenvalue weighted by molar-refractivity contribution is -0.112. The van der Waals surface area contributed by atoms with E-state index in [4.69, 9.17) is 4.74 Å². The summed E-state index contributed by atoms with van der Waals surface area (Å²) in [7, 11) is 1.79. The lowest BCUT2D eigenvalue weighted by Crippen LogP contribution is -2.34. The highest BCUT2D eigenvalue weighted by molar-refractivity contribution is 5.88. The smallest absolute Gasteiger partial charge is 0.152 e. The van der Waals surface area contributed by atoms with Crippen molar-refractivity contribution in [3.05, 3.63) is 58.7 Å². The summed E-state index contributed by atoms with van der Waals surface area (Å²) in [6.45, 7) is 16.3. The number of ketones is 1. The molecular weight excluding hydrogens is 356 g/mol. The highest BCUT2D eigenvalue weighted by atomic mass is 16.5. The predicted molar refractivity (Wildman–Crippen MR) is 122 cm³/mol. The molecule has 0 bridgehead atoms. The molecule has 0 aromatic heterocycles. The fraction of sp³-hybridized carbons (Fsp3) is 0.593. The molecule has 0 spiro atoms. The molecule has 2 heteroatoms. The monoisotopic (exact) mass is 394 g/mol. The van der Waals surface area contributed by atoms with Crippen LogP contribution in [0.4, 0.5) is 0 Å². The van der Waals surface area contributed by atoms with Crippen LogP contribution in [0.5, 0.6) is 0 Å². The van der Waals surface area contributed by atoms with Gasteiger partial charge in [-0.2, -0.15) is 0 Å². The zero-order valence-electron chi connectivity index (χ0n) is 19.6. The Kier molecular flexibility index (Phi) is 5.73. The van der Waals surface area contributed by atoms with Gasteiger partial charge in [-0.1, -0.05) is 65.0 Å². The largest absolute Gasteiger partial charge is 0.384 e. The third-order valence-corrected chi connectivity index (χ3v) is 7.61. The van der Waals surface area contributed by atoms with Gasteiger partial charge in [-0.25, -0.2) is 0 Å². The van der Waals surface area contributed by atoms with Crippen LogP contribution < -0.4 is 0 Å². The van der Waals surface area contributed by atoms with Gasteiger partial charge in [-0.05, 0) is 77.7 Å². The van der Waals surface area contributed by atoms with E-state index in [2.05, 4.69) is 65.0 Å². The minimum atomic E-state index is 0.0791. The van der Waals surface area contributed by atoms with E-state index in [-0.39, 0.29) is 22.0 Å². The van der Waals surface area contributed by atoms with Gasteiger partial charge in [-0.15, -0.1) is 0 Å². The topological polar surface area (TPSA) is 26.3 Å². The molecule has 0 N–H and O–H groups in total. The molecule has 158 valence electrons. The van der Waals surface area contributed by atoms with Crippen molar-refractivity contribution < 1.29 is 9.53 Å². The fourth-order valence-electron chi connectivity index (χ4n) is 5.38. The third-order valence-electron chi connectivity index (χ3n) is 7.61. The normalized spacial score (nSPS) is 30.3. The summed E-state index contributed by atoms with van der Waals surface area (Å²) >= 11 is 0. The number of hydrogen-bond acceptors (Lipinski definition) is 2. The Balaban J connectivity index is 1.98. The lowest BCUT2D eigenvalue weighted by atomic mass is 9.62. The summed E-state index contributed by atoms with van der Waals surface area (Å²) in [5, 5.41) is 0. The van der Waals surface area contributed by atoms with E-state index in [1.165, 1.54) is 29.5 Å². The second-order valence-corrected chi connectivity index (χ2v) is 10.8. The minimum Gasteiger partial charge on any atom is -0.384 e. The van der Waals surface area contributed by atoms with Crippen molar-refractivity contribution in [3.8, 4) is 0 Å². The molecule has 1 aromatic rings. The molecule has 2 aliphatic carbocycles. The molecule has 0 radical (unpaired) electrons. The predicted octanol–water partition coefficient (Wildman–Crippen LogP) is 6.28. The molecule has 1 saturated carbocycles. The Morgan fingerprint density at radius 3 is 2.28 bits per heavy atom. The molecule has 2 aliphatic rings. The number of carbonyl (C=O) groups excluding carboxylic acids is 1. The van der Waals surface area contributed by atoms with Crippen molar-refractivity contribution >= 4 is 5.78 Å². The van der Waals surface area contributed by atoms with Crippen LogP contribution in [0.15, 0.2) is 42.0 Å². The maximum absolute atomic E-state index is 11.3. The summed E-state index contributed by atoms with van der Waals surface area (Å²) in [6, 6.07) is 7.24. The zero-order valence-corrected chi connectivity index (χ0v) is 19.6. The number of methoxy groups -OCH3 is 1. The summed E-state index contributed by atoms with van der Waals surface area (Å²) in [4.78, 5) is 11.3. The SMILES string of the molecule is COC[C@H]1[C@@H](/C=C/C(C)=C/C(C)=O)[C@@]1(C)c1ccc2c(c1)C(C)(C)CCC2(C)C. The highest BCUT2D eigenvalue weighted by Crippen LogP contribution is 2.61. The van der Waals surface area contributed by atoms with Crippen molar-refractivity contribution in [2.24, 2.45) is 11.8 Å². The number of ether oxygens (including phenoxy) is 1. The number of allylic oxidation sites excluding steroid dienone is 4. The van der Waals surface area contributed by atoms with Crippen molar-refractivity contribution in [2.45, 2.75) is 77.6 Å². The van der Waals surface area contributed by atoms with Gasteiger partial charge in [0, 0.05) is 12.5 Å². The Bertz CT molecular complexity index is 855. The molecule has 0 unspecified atom stereocenters. The van der Waals surface area contributed by atoms with Crippen molar-refractivity contribution in [3.63, 3.8) is 0 Å². The lowest BCUT2D eigenvalue weighted by Gasteiger charge is -2.42. The summed E-state index contributed by atoms with van der Waals surface area (Å²) in [6.07, 6.45) is 8.56. The highest BCUT2D eigenvalue weighted by Gasteiger charge is 2.60. The van der Waals surface area contributed by atoms with Gasteiger partial charge in [0.25, 0.3) is 0 Å². The minimum absolute atomic E-state index is 0.0791. The Morgan fingerprint density at radius 1 is 1.07 bits per heavy atom. The van der Waals surface area contributed by atoms with Gasteiger partial charge in [0.05, 0.1) is 6.61 Å². The van der Waals surface area contributed by atoms with Gasteiger partial charge in [0.2, 0.25) is 0 Å². The van der Waals surface area contributed by atoms with E-state index in [0.717, 1.165) is 12.2 Å². The average Bonchev–Trinajstić information content (AvgIpc) is 3.21. The molecule has 29 heavy (non-hydrogen) atoms. The quantitative estimate of drug-likeness (QED) is 0.419. The van der Waals surface area contributed by atoms with E-state index >= 15 is 0 Å². The second-order valence-electron chi connectivity index (χ2n) is 10.8. The van der Waals surface area contributed by atoms with Crippen LogP contribution in [0.1, 0.15) is 78.0 Å². The number of benzene rings is 1. The Hall–Kier alpha value is -1.67. The van der Waals surface area contributed by atoms with Gasteiger partial charge in [-0.3, -0.25) is 4.79 Å². The van der Waals surface area contributed by atoms with E-state index in [1.807, 2.05) is 6.92 Å².